The summed E-state index contributed by atoms with van der Waals surface area (Å²) in [7, 11) is 2.09. The highest BCUT2D eigenvalue weighted by Gasteiger charge is 2.25. The van der Waals surface area contributed by atoms with E-state index in [1.54, 1.807) is 0 Å². The van der Waals surface area contributed by atoms with Gasteiger partial charge in [-0.25, -0.2) is 0 Å². The third-order valence-corrected chi connectivity index (χ3v) is 4.63. The average Bonchev–Trinajstić information content (AvgIpc) is 2.46. The summed E-state index contributed by atoms with van der Waals surface area (Å²) < 4.78 is 0. The number of rotatable bonds is 3. The molecule has 1 aromatic carbocycles. The van der Waals surface area contributed by atoms with Crippen molar-refractivity contribution in [1.82, 2.24) is 10.2 Å². The van der Waals surface area contributed by atoms with Gasteiger partial charge in [0.25, 0.3) is 0 Å². The van der Waals surface area contributed by atoms with Crippen LogP contribution in [0.1, 0.15) is 57.7 Å². The summed E-state index contributed by atoms with van der Waals surface area (Å²) in [5, 5.41) is 3.18. The Hall–Kier alpha value is -1.35. The molecule has 2 atom stereocenters. The second kappa shape index (κ2) is 6.82. The van der Waals surface area contributed by atoms with Crippen LogP contribution in [0, 0.1) is 5.92 Å². The van der Waals surface area contributed by atoms with Crippen LogP contribution in [0.4, 0.5) is 0 Å². The maximum absolute atomic E-state index is 12.4. The highest BCUT2D eigenvalue weighted by atomic mass is 16.2. The molecule has 1 fully saturated rings. The lowest BCUT2D eigenvalue weighted by molar-refractivity contribution is -0.127. The van der Waals surface area contributed by atoms with E-state index in [-0.39, 0.29) is 23.3 Å². The van der Waals surface area contributed by atoms with Crippen LogP contribution in [0.3, 0.4) is 0 Å². The minimum absolute atomic E-state index is 0.0637. The highest BCUT2D eigenvalue weighted by molar-refractivity contribution is 5.79. The molecule has 1 aliphatic heterocycles. The number of carbonyl (C=O) groups is 1. The van der Waals surface area contributed by atoms with Gasteiger partial charge in [0.2, 0.25) is 5.91 Å². The van der Waals surface area contributed by atoms with Crippen LogP contribution in [-0.2, 0) is 10.2 Å². The third kappa shape index (κ3) is 4.33. The van der Waals surface area contributed by atoms with Crippen LogP contribution in [0.15, 0.2) is 24.3 Å². The number of hydrogen-bond acceptors (Lipinski definition) is 2. The highest BCUT2D eigenvalue weighted by Crippen LogP contribution is 2.24. The van der Waals surface area contributed by atoms with Crippen molar-refractivity contribution >= 4 is 5.91 Å². The lowest BCUT2D eigenvalue weighted by Gasteiger charge is -2.29. The van der Waals surface area contributed by atoms with E-state index in [0.29, 0.717) is 0 Å². The van der Waals surface area contributed by atoms with Gasteiger partial charge in [-0.15, -0.1) is 0 Å². The molecular weight excluding hydrogens is 272 g/mol. The fraction of sp³-hybridized carbons (Fsp3) is 0.632. The SMILES string of the molecule is C[C@@H](NC(=O)[C@H]1CCCN(C)C1)c1ccc(C(C)(C)C)cc1. The van der Waals surface area contributed by atoms with Crippen molar-refractivity contribution in [2.75, 3.05) is 20.1 Å². The molecule has 0 aliphatic carbocycles. The number of benzene rings is 1. The summed E-state index contributed by atoms with van der Waals surface area (Å²) >= 11 is 0. The predicted octanol–water partition coefficient (Wildman–Crippen LogP) is 3.50. The van der Waals surface area contributed by atoms with Gasteiger partial charge in [-0.1, -0.05) is 45.0 Å². The molecule has 1 saturated heterocycles. The Labute approximate surface area is 135 Å². The molecule has 0 spiro atoms. The van der Waals surface area contributed by atoms with Crippen molar-refractivity contribution in [3.05, 3.63) is 35.4 Å². The van der Waals surface area contributed by atoms with Gasteiger partial charge in [-0.05, 0) is 49.9 Å². The van der Waals surface area contributed by atoms with Crippen LogP contribution >= 0.6 is 0 Å². The van der Waals surface area contributed by atoms with Gasteiger partial charge < -0.3 is 10.2 Å². The summed E-state index contributed by atoms with van der Waals surface area (Å²) in [6, 6.07) is 8.68. The van der Waals surface area contributed by atoms with Gasteiger partial charge in [0.05, 0.1) is 12.0 Å². The molecule has 3 heteroatoms. The van der Waals surface area contributed by atoms with Crippen molar-refractivity contribution in [1.29, 1.82) is 0 Å². The number of amides is 1. The number of piperidine rings is 1. The predicted molar refractivity (Wildman–Crippen MR) is 91.9 cm³/mol. The van der Waals surface area contributed by atoms with E-state index in [0.717, 1.165) is 25.9 Å². The molecule has 122 valence electrons. The normalized spacial score (nSPS) is 21.4. The maximum atomic E-state index is 12.4. The van der Waals surface area contributed by atoms with Crippen LogP contribution in [-0.4, -0.2) is 30.9 Å². The van der Waals surface area contributed by atoms with Crippen molar-refractivity contribution in [3.8, 4) is 0 Å². The summed E-state index contributed by atoms with van der Waals surface area (Å²) in [5.74, 6) is 0.328. The van der Waals surface area contributed by atoms with Crippen LogP contribution in [0.2, 0.25) is 0 Å². The molecule has 1 aromatic rings. The van der Waals surface area contributed by atoms with Crippen LogP contribution in [0.25, 0.3) is 0 Å². The van der Waals surface area contributed by atoms with E-state index in [4.69, 9.17) is 0 Å². The standard InChI is InChI=1S/C19H30N2O/c1-14(15-8-10-17(11-9-15)19(2,3)4)20-18(22)16-7-6-12-21(5)13-16/h8-11,14,16H,6-7,12-13H2,1-5H3,(H,20,22)/t14-,16+/m1/s1. The first kappa shape index (κ1) is 17.0. The van der Waals surface area contributed by atoms with E-state index in [2.05, 4.69) is 69.2 Å². The fourth-order valence-corrected chi connectivity index (χ4v) is 3.07. The van der Waals surface area contributed by atoms with Crippen LogP contribution in [0.5, 0.6) is 0 Å². The molecule has 0 radical (unpaired) electrons. The van der Waals surface area contributed by atoms with E-state index < -0.39 is 0 Å². The molecule has 22 heavy (non-hydrogen) atoms. The van der Waals surface area contributed by atoms with Crippen molar-refractivity contribution < 1.29 is 4.79 Å². The maximum Gasteiger partial charge on any atom is 0.224 e. The molecule has 1 amide bonds. The summed E-state index contributed by atoms with van der Waals surface area (Å²) in [6.07, 6.45) is 2.12. The van der Waals surface area contributed by atoms with Gasteiger partial charge in [0.15, 0.2) is 0 Å². The summed E-state index contributed by atoms with van der Waals surface area (Å²) in [4.78, 5) is 14.7. The minimum Gasteiger partial charge on any atom is -0.349 e. The summed E-state index contributed by atoms with van der Waals surface area (Å²) in [6.45, 7) is 10.7. The molecule has 1 N–H and O–H groups in total. The number of carbonyl (C=O) groups excluding carboxylic acids is 1. The Morgan fingerprint density at radius 1 is 1.27 bits per heavy atom. The molecule has 0 saturated carbocycles. The molecule has 3 nitrogen and oxygen atoms in total. The number of nitrogens with one attached hydrogen (secondary N) is 1. The first-order valence-corrected chi connectivity index (χ1v) is 8.37. The smallest absolute Gasteiger partial charge is 0.224 e. The van der Waals surface area contributed by atoms with Crippen molar-refractivity contribution in [2.24, 2.45) is 5.92 Å². The van der Waals surface area contributed by atoms with Gasteiger partial charge in [0, 0.05) is 6.54 Å². The molecule has 0 bridgehead atoms. The Balaban J connectivity index is 1.96. The zero-order valence-corrected chi connectivity index (χ0v) is 14.6. The molecule has 2 rings (SSSR count). The van der Waals surface area contributed by atoms with Gasteiger partial charge in [-0.3, -0.25) is 4.79 Å². The molecule has 1 heterocycles. The van der Waals surface area contributed by atoms with Crippen molar-refractivity contribution in [2.45, 2.75) is 52.0 Å². The fourth-order valence-electron chi connectivity index (χ4n) is 3.07. The largest absolute Gasteiger partial charge is 0.349 e. The number of likely N-dealkylation sites (tertiary alicyclic amines) is 1. The quantitative estimate of drug-likeness (QED) is 0.927. The Bertz CT molecular complexity index is 501. The molecule has 1 aliphatic rings. The Morgan fingerprint density at radius 2 is 1.91 bits per heavy atom. The zero-order valence-electron chi connectivity index (χ0n) is 14.6. The topological polar surface area (TPSA) is 32.3 Å². The van der Waals surface area contributed by atoms with E-state index in [1.807, 2.05) is 0 Å². The first-order valence-electron chi connectivity index (χ1n) is 8.37. The third-order valence-electron chi connectivity index (χ3n) is 4.63. The van der Waals surface area contributed by atoms with Gasteiger partial charge in [-0.2, -0.15) is 0 Å². The first-order chi connectivity index (χ1) is 10.3. The van der Waals surface area contributed by atoms with Gasteiger partial charge >= 0.3 is 0 Å². The molecule has 0 unspecified atom stereocenters. The minimum atomic E-state index is 0.0637. The van der Waals surface area contributed by atoms with E-state index >= 15 is 0 Å². The van der Waals surface area contributed by atoms with Crippen LogP contribution < -0.4 is 5.32 Å². The number of hydrogen-bond donors (Lipinski definition) is 1. The van der Waals surface area contributed by atoms with E-state index in [9.17, 15) is 4.79 Å². The Kier molecular flexibility index (Phi) is 5.28. The van der Waals surface area contributed by atoms with E-state index in [1.165, 1.54) is 11.1 Å². The van der Waals surface area contributed by atoms with Crippen molar-refractivity contribution in [3.63, 3.8) is 0 Å². The summed E-state index contributed by atoms with van der Waals surface area (Å²) in [5.41, 5.74) is 2.66. The molecule has 0 aromatic heterocycles. The van der Waals surface area contributed by atoms with Gasteiger partial charge in [0.1, 0.15) is 0 Å². The second-order valence-corrected chi connectivity index (χ2v) is 7.70. The monoisotopic (exact) mass is 302 g/mol. The lowest BCUT2D eigenvalue weighted by atomic mass is 9.86. The number of nitrogens with zero attached hydrogens (tertiary/aromatic N) is 1. The lowest BCUT2D eigenvalue weighted by Crippen LogP contribution is -2.42. The Morgan fingerprint density at radius 3 is 2.45 bits per heavy atom. The zero-order chi connectivity index (χ0) is 16.3. The average molecular weight is 302 g/mol. The molecular formula is C19H30N2O. The second-order valence-electron chi connectivity index (χ2n) is 7.70.